The number of ether oxygens (including phenoxy) is 2. The molecule has 0 unspecified atom stereocenters. The molecule has 0 atom stereocenters. The molecule has 0 bridgehead atoms. The fourth-order valence-electron chi connectivity index (χ4n) is 2.01. The molecule has 20 heavy (non-hydrogen) atoms. The summed E-state index contributed by atoms with van der Waals surface area (Å²) in [7, 11) is 2.97. The van der Waals surface area contributed by atoms with Crippen LogP contribution in [0.5, 0.6) is 12.0 Å². The number of aromatic nitrogens is 3. The van der Waals surface area contributed by atoms with Crippen molar-refractivity contribution in [1.82, 2.24) is 20.3 Å². The van der Waals surface area contributed by atoms with Crippen LogP contribution in [-0.4, -0.2) is 54.2 Å². The summed E-state index contributed by atoms with van der Waals surface area (Å²) >= 11 is 0. The molecule has 2 aliphatic rings. The maximum absolute atomic E-state index is 11.9. The van der Waals surface area contributed by atoms with Gasteiger partial charge in [-0.2, -0.15) is 9.97 Å². The van der Waals surface area contributed by atoms with Crippen LogP contribution in [0.3, 0.4) is 0 Å². The number of methoxy groups -OCH3 is 2. The Morgan fingerprint density at radius 2 is 1.75 bits per heavy atom. The molecule has 0 spiro atoms. The minimum Gasteiger partial charge on any atom is -0.467 e. The van der Waals surface area contributed by atoms with Gasteiger partial charge in [0.25, 0.3) is 0 Å². The van der Waals surface area contributed by atoms with Crippen molar-refractivity contribution < 1.29 is 14.3 Å². The lowest BCUT2D eigenvalue weighted by atomic mass is 10.00. The smallest absolute Gasteiger partial charge is 0.324 e. The molecule has 8 nitrogen and oxygen atoms in total. The van der Waals surface area contributed by atoms with Gasteiger partial charge in [-0.25, -0.2) is 0 Å². The molecular weight excluding hydrogens is 262 g/mol. The van der Waals surface area contributed by atoms with Gasteiger partial charge in [0.05, 0.1) is 20.1 Å². The van der Waals surface area contributed by atoms with Crippen molar-refractivity contribution in [3.8, 4) is 12.0 Å². The monoisotopic (exact) mass is 279 g/mol. The average Bonchev–Trinajstić information content (AvgIpc) is 3.20. The third-order valence-corrected chi connectivity index (χ3v) is 3.41. The Labute approximate surface area is 116 Å². The molecule has 0 aromatic carbocycles. The zero-order valence-electron chi connectivity index (χ0n) is 11.5. The average molecular weight is 279 g/mol. The lowest BCUT2D eigenvalue weighted by Crippen LogP contribution is -2.54. The first-order valence-electron chi connectivity index (χ1n) is 6.59. The van der Waals surface area contributed by atoms with E-state index in [1.54, 1.807) is 0 Å². The van der Waals surface area contributed by atoms with E-state index in [1.165, 1.54) is 14.2 Å². The molecule has 108 valence electrons. The summed E-state index contributed by atoms with van der Waals surface area (Å²) in [5, 5.41) is 3.00. The number of anilines is 1. The van der Waals surface area contributed by atoms with Crippen molar-refractivity contribution in [2.45, 2.75) is 18.9 Å². The van der Waals surface area contributed by atoms with Crippen LogP contribution >= 0.6 is 0 Å². The minimum absolute atomic E-state index is 0.00403. The number of carbonyl (C=O) groups is 1. The summed E-state index contributed by atoms with van der Waals surface area (Å²) in [6.07, 6.45) is 2.20. The molecule has 1 N–H and O–H groups in total. The summed E-state index contributed by atoms with van der Waals surface area (Å²) in [5.74, 6) is 0.602. The Balaban J connectivity index is 1.62. The SMILES string of the molecule is COc1nc(OC)nc(N2CC(C(=O)NC3CC3)C2)n1. The number of rotatable bonds is 5. The van der Waals surface area contributed by atoms with Crippen molar-refractivity contribution in [3.05, 3.63) is 0 Å². The second kappa shape index (κ2) is 5.10. The molecule has 1 saturated heterocycles. The van der Waals surface area contributed by atoms with Crippen LogP contribution in [0.4, 0.5) is 5.95 Å². The summed E-state index contributed by atoms with van der Waals surface area (Å²) in [5.41, 5.74) is 0. The third-order valence-electron chi connectivity index (χ3n) is 3.41. The zero-order valence-corrected chi connectivity index (χ0v) is 11.5. The molecule has 0 radical (unpaired) electrons. The zero-order chi connectivity index (χ0) is 14.1. The van der Waals surface area contributed by atoms with E-state index in [4.69, 9.17) is 9.47 Å². The maximum Gasteiger partial charge on any atom is 0.324 e. The van der Waals surface area contributed by atoms with E-state index in [-0.39, 0.29) is 23.8 Å². The molecule has 3 rings (SSSR count). The van der Waals surface area contributed by atoms with Crippen LogP contribution in [0, 0.1) is 5.92 Å². The predicted octanol–water partition coefficient (Wildman–Crippen LogP) is -0.396. The van der Waals surface area contributed by atoms with Crippen LogP contribution in [0.1, 0.15) is 12.8 Å². The Bertz CT molecular complexity index is 492. The number of carbonyl (C=O) groups excluding carboxylic acids is 1. The van der Waals surface area contributed by atoms with Gasteiger partial charge < -0.3 is 19.7 Å². The van der Waals surface area contributed by atoms with E-state index in [0.717, 1.165) is 12.8 Å². The van der Waals surface area contributed by atoms with E-state index < -0.39 is 0 Å². The highest BCUT2D eigenvalue weighted by molar-refractivity contribution is 5.82. The second-order valence-electron chi connectivity index (χ2n) is 4.99. The highest BCUT2D eigenvalue weighted by Gasteiger charge is 2.37. The second-order valence-corrected chi connectivity index (χ2v) is 4.99. The quantitative estimate of drug-likeness (QED) is 0.784. The van der Waals surface area contributed by atoms with E-state index in [2.05, 4.69) is 20.3 Å². The van der Waals surface area contributed by atoms with Crippen LogP contribution in [-0.2, 0) is 4.79 Å². The van der Waals surface area contributed by atoms with Crippen molar-refractivity contribution in [3.63, 3.8) is 0 Å². The van der Waals surface area contributed by atoms with E-state index in [1.807, 2.05) is 4.90 Å². The Hall–Kier alpha value is -2.12. The number of hydrogen-bond acceptors (Lipinski definition) is 7. The molecule has 1 aliphatic heterocycles. The highest BCUT2D eigenvalue weighted by Crippen LogP contribution is 2.25. The highest BCUT2D eigenvalue weighted by atomic mass is 16.5. The van der Waals surface area contributed by atoms with Gasteiger partial charge in [-0.3, -0.25) is 4.79 Å². The van der Waals surface area contributed by atoms with E-state index in [0.29, 0.717) is 25.1 Å². The van der Waals surface area contributed by atoms with Crippen LogP contribution in [0.15, 0.2) is 0 Å². The van der Waals surface area contributed by atoms with Gasteiger partial charge in [0.15, 0.2) is 0 Å². The summed E-state index contributed by atoms with van der Waals surface area (Å²) in [4.78, 5) is 26.0. The molecule has 2 heterocycles. The van der Waals surface area contributed by atoms with Gasteiger partial charge in [-0.15, -0.1) is 4.98 Å². The predicted molar refractivity (Wildman–Crippen MR) is 69.8 cm³/mol. The van der Waals surface area contributed by atoms with Gasteiger partial charge in [-0.1, -0.05) is 0 Å². The number of amides is 1. The largest absolute Gasteiger partial charge is 0.467 e. The first kappa shape index (κ1) is 12.9. The lowest BCUT2D eigenvalue weighted by molar-refractivity contribution is -0.125. The molecule has 1 aliphatic carbocycles. The maximum atomic E-state index is 11.9. The molecule has 1 saturated carbocycles. The first-order valence-corrected chi connectivity index (χ1v) is 6.59. The van der Waals surface area contributed by atoms with Crippen LogP contribution < -0.4 is 19.7 Å². The van der Waals surface area contributed by atoms with Crippen molar-refractivity contribution in [2.75, 3.05) is 32.2 Å². The van der Waals surface area contributed by atoms with Crippen LogP contribution in [0.25, 0.3) is 0 Å². The molecule has 2 fully saturated rings. The topological polar surface area (TPSA) is 89.5 Å². The molecular formula is C12H17N5O3. The van der Waals surface area contributed by atoms with E-state index in [9.17, 15) is 4.79 Å². The fourth-order valence-corrected chi connectivity index (χ4v) is 2.01. The van der Waals surface area contributed by atoms with Crippen molar-refractivity contribution >= 4 is 11.9 Å². The Morgan fingerprint density at radius 3 is 2.25 bits per heavy atom. The van der Waals surface area contributed by atoms with Gasteiger partial charge in [0.1, 0.15) is 0 Å². The number of nitrogens with zero attached hydrogens (tertiary/aromatic N) is 4. The first-order chi connectivity index (χ1) is 9.69. The summed E-state index contributed by atoms with van der Waals surface area (Å²) in [6.45, 7) is 1.21. The molecule has 1 aromatic heterocycles. The lowest BCUT2D eigenvalue weighted by Gasteiger charge is -2.38. The van der Waals surface area contributed by atoms with Gasteiger partial charge in [0, 0.05) is 19.1 Å². The summed E-state index contributed by atoms with van der Waals surface area (Å²) in [6, 6.07) is 0.810. The molecule has 1 amide bonds. The number of hydrogen-bond donors (Lipinski definition) is 1. The standard InChI is InChI=1S/C12H17N5O3/c1-19-11-14-10(15-12(16-11)20-2)17-5-7(6-17)9(18)13-8-3-4-8/h7-8H,3-6H2,1-2H3,(H,13,18). The minimum atomic E-state index is 0.00403. The third kappa shape index (κ3) is 2.59. The van der Waals surface area contributed by atoms with Crippen LogP contribution in [0.2, 0.25) is 0 Å². The normalized spacial score (nSPS) is 18.4. The van der Waals surface area contributed by atoms with Gasteiger partial charge in [0.2, 0.25) is 11.9 Å². The van der Waals surface area contributed by atoms with Crippen molar-refractivity contribution in [1.29, 1.82) is 0 Å². The van der Waals surface area contributed by atoms with Gasteiger partial charge in [-0.05, 0) is 12.8 Å². The molecule has 1 aromatic rings. The summed E-state index contributed by atoms with van der Waals surface area (Å²) < 4.78 is 10.0. The van der Waals surface area contributed by atoms with Crippen molar-refractivity contribution in [2.24, 2.45) is 5.92 Å². The van der Waals surface area contributed by atoms with E-state index >= 15 is 0 Å². The fraction of sp³-hybridized carbons (Fsp3) is 0.667. The molecule has 8 heteroatoms. The Morgan fingerprint density at radius 1 is 1.15 bits per heavy atom. The number of nitrogens with one attached hydrogen (secondary N) is 1. The van der Waals surface area contributed by atoms with Gasteiger partial charge >= 0.3 is 12.0 Å². The Kier molecular flexibility index (Phi) is 3.29.